The molecule has 0 aliphatic rings. The normalized spacial score (nSPS) is 12.9. The summed E-state index contributed by atoms with van der Waals surface area (Å²) in [6.07, 6.45) is -0.681. The largest absolute Gasteiger partial charge is 0.453 e. The minimum atomic E-state index is -3.86. The lowest BCUT2D eigenvalue weighted by Crippen LogP contribution is -2.43. The summed E-state index contributed by atoms with van der Waals surface area (Å²) >= 11 is 0. The van der Waals surface area contributed by atoms with Crippen LogP contribution in [0.1, 0.15) is 34.6 Å². The third-order valence-electron chi connectivity index (χ3n) is 3.59. The first kappa shape index (κ1) is 21.8. The average Bonchev–Trinajstić information content (AvgIpc) is 2.59. The van der Waals surface area contributed by atoms with Gasteiger partial charge in [-0.1, -0.05) is 50.2 Å². The Morgan fingerprint density at radius 1 is 0.893 bits per heavy atom. The second-order valence-corrected chi connectivity index (χ2v) is 9.68. The number of para-hydroxylation sites is 2. The Labute approximate surface area is 166 Å². The van der Waals surface area contributed by atoms with Crippen molar-refractivity contribution in [2.45, 2.75) is 46.0 Å². The quantitative estimate of drug-likeness (QED) is 0.586. The van der Waals surface area contributed by atoms with Gasteiger partial charge < -0.3 is 19.1 Å². The molecule has 1 atom stereocenters. The van der Waals surface area contributed by atoms with E-state index in [9.17, 15) is 9.36 Å². The number of amides is 1. The SMILES string of the molecule is CC(C)[C@H](NC(=O)OC(C)(C)C)P(=O)(Oc1ccccc1)Oc1ccccc1. The van der Waals surface area contributed by atoms with E-state index in [0.717, 1.165) is 0 Å². The van der Waals surface area contributed by atoms with E-state index in [1.807, 2.05) is 26.0 Å². The molecule has 0 aliphatic heterocycles. The Balaban J connectivity index is 2.35. The van der Waals surface area contributed by atoms with Gasteiger partial charge in [0.2, 0.25) is 0 Å². The Kier molecular flexibility index (Phi) is 7.14. The van der Waals surface area contributed by atoms with Crippen molar-refractivity contribution in [3.8, 4) is 11.5 Å². The van der Waals surface area contributed by atoms with Gasteiger partial charge in [-0.25, -0.2) is 9.36 Å². The molecule has 1 N–H and O–H groups in total. The molecular weight excluding hydrogens is 377 g/mol. The van der Waals surface area contributed by atoms with Gasteiger partial charge >= 0.3 is 13.7 Å². The van der Waals surface area contributed by atoms with Crippen molar-refractivity contribution < 1.29 is 23.1 Å². The van der Waals surface area contributed by atoms with Crippen LogP contribution in [0.5, 0.6) is 11.5 Å². The third kappa shape index (κ3) is 6.61. The third-order valence-corrected chi connectivity index (χ3v) is 5.93. The van der Waals surface area contributed by atoms with Crippen LogP contribution in [0.2, 0.25) is 0 Å². The number of hydrogen-bond acceptors (Lipinski definition) is 5. The molecule has 0 saturated carbocycles. The second kappa shape index (κ2) is 9.16. The number of alkyl carbamates (subject to hydrolysis) is 1. The van der Waals surface area contributed by atoms with Crippen LogP contribution in [0.25, 0.3) is 0 Å². The zero-order valence-electron chi connectivity index (χ0n) is 16.9. The molecule has 6 nitrogen and oxygen atoms in total. The van der Waals surface area contributed by atoms with Crippen LogP contribution in [0.3, 0.4) is 0 Å². The van der Waals surface area contributed by atoms with Gasteiger partial charge in [-0.3, -0.25) is 0 Å². The summed E-state index contributed by atoms with van der Waals surface area (Å²) in [5, 5.41) is 2.68. The summed E-state index contributed by atoms with van der Waals surface area (Å²) < 4.78 is 30.9. The van der Waals surface area contributed by atoms with Crippen LogP contribution >= 0.6 is 7.60 Å². The fraction of sp³-hybridized carbons (Fsp3) is 0.381. The topological polar surface area (TPSA) is 73.9 Å². The Morgan fingerprint density at radius 2 is 1.32 bits per heavy atom. The first-order valence-electron chi connectivity index (χ1n) is 9.17. The van der Waals surface area contributed by atoms with E-state index >= 15 is 0 Å². The fourth-order valence-corrected chi connectivity index (χ4v) is 4.52. The van der Waals surface area contributed by atoms with Crippen molar-refractivity contribution >= 4 is 13.7 Å². The van der Waals surface area contributed by atoms with Crippen LogP contribution in [0, 0.1) is 5.92 Å². The van der Waals surface area contributed by atoms with Gasteiger partial charge in [0, 0.05) is 0 Å². The number of benzene rings is 2. The van der Waals surface area contributed by atoms with Crippen molar-refractivity contribution in [2.24, 2.45) is 5.92 Å². The molecule has 2 rings (SSSR count). The maximum atomic E-state index is 13.9. The first-order valence-corrected chi connectivity index (χ1v) is 10.8. The van der Waals surface area contributed by atoms with Crippen molar-refractivity contribution in [3.05, 3.63) is 60.7 Å². The molecule has 0 radical (unpaired) electrons. The lowest BCUT2D eigenvalue weighted by atomic mass is 10.2. The van der Waals surface area contributed by atoms with Crippen LogP contribution < -0.4 is 14.4 Å². The standard InChI is InChI=1S/C21H28NO5P/c1-16(2)19(22-20(23)25-21(3,4)5)28(24,26-17-12-8-6-9-13-17)27-18-14-10-7-11-15-18/h6-16,19H,1-5H3,(H,22,23)/t19-/m1/s1. The molecular formula is C21H28NO5P. The molecule has 0 aliphatic carbocycles. The maximum Gasteiger partial charge on any atom is 0.453 e. The molecule has 2 aromatic carbocycles. The van der Waals surface area contributed by atoms with E-state index < -0.39 is 25.1 Å². The van der Waals surface area contributed by atoms with Gasteiger partial charge in [0.25, 0.3) is 0 Å². The molecule has 0 spiro atoms. The van der Waals surface area contributed by atoms with Crippen molar-refractivity contribution in [2.75, 3.05) is 0 Å². The Hall–Kier alpha value is -2.46. The Bertz CT molecular complexity index is 757. The summed E-state index contributed by atoms with van der Waals surface area (Å²) in [7, 11) is -3.86. The number of ether oxygens (including phenoxy) is 1. The summed E-state index contributed by atoms with van der Waals surface area (Å²) in [4.78, 5) is 12.4. The predicted molar refractivity (Wildman–Crippen MR) is 110 cm³/mol. The molecule has 0 saturated heterocycles. The number of nitrogens with one attached hydrogen (secondary N) is 1. The predicted octanol–water partition coefficient (Wildman–Crippen LogP) is 5.84. The van der Waals surface area contributed by atoms with Crippen LogP contribution in [-0.2, 0) is 9.30 Å². The smallest absolute Gasteiger partial charge is 0.444 e. The highest BCUT2D eigenvalue weighted by Gasteiger charge is 2.43. The molecule has 7 heteroatoms. The van der Waals surface area contributed by atoms with Crippen LogP contribution in [0.15, 0.2) is 60.7 Å². The number of rotatable bonds is 7. The maximum absolute atomic E-state index is 13.9. The highest BCUT2D eigenvalue weighted by atomic mass is 31.2. The van der Waals surface area contributed by atoms with Gasteiger partial charge in [-0.05, 0) is 51.0 Å². The van der Waals surface area contributed by atoms with Gasteiger partial charge in [-0.2, -0.15) is 0 Å². The Morgan fingerprint density at radius 3 is 1.68 bits per heavy atom. The molecule has 1 amide bonds. The molecule has 0 bridgehead atoms. The first-order chi connectivity index (χ1) is 13.1. The highest BCUT2D eigenvalue weighted by Crippen LogP contribution is 2.54. The molecule has 0 aromatic heterocycles. The summed E-state index contributed by atoms with van der Waals surface area (Å²) in [6.45, 7) is 8.95. The lowest BCUT2D eigenvalue weighted by molar-refractivity contribution is 0.0504. The molecule has 0 unspecified atom stereocenters. The van der Waals surface area contributed by atoms with E-state index in [2.05, 4.69) is 5.32 Å². The van der Waals surface area contributed by atoms with Crippen LogP contribution in [0.4, 0.5) is 4.79 Å². The zero-order valence-corrected chi connectivity index (χ0v) is 17.8. The molecule has 0 heterocycles. The molecule has 2 aromatic rings. The number of hydrogen-bond donors (Lipinski definition) is 1. The summed E-state index contributed by atoms with van der Waals surface area (Å²) in [6, 6.07) is 17.5. The van der Waals surface area contributed by atoms with E-state index in [1.54, 1.807) is 69.3 Å². The van der Waals surface area contributed by atoms with Crippen molar-refractivity contribution in [3.63, 3.8) is 0 Å². The van der Waals surface area contributed by atoms with Gasteiger partial charge in [0.05, 0.1) is 0 Å². The average molecular weight is 405 g/mol. The van der Waals surface area contributed by atoms with E-state index in [4.69, 9.17) is 13.8 Å². The second-order valence-electron chi connectivity index (χ2n) is 7.68. The number of carbonyl (C=O) groups excluding carboxylic acids is 1. The summed E-state index contributed by atoms with van der Waals surface area (Å²) in [5.74, 6) is -0.384. The summed E-state index contributed by atoms with van der Waals surface area (Å²) in [5.41, 5.74) is -0.684. The number of carbonyl (C=O) groups is 1. The highest BCUT2D eigenvalue weighted by molar-refractivity contribution is 7.55. The van der Waals surface area contributed by atoms with Crippen LogP contribution in [-0.4, -0.2) is 17.5 Å². The minimum Gasteiger partial charge on any atom is -0.444 e. The van der Waals surface area contributed by atoms with Crippen molar-refractivity contribution in [1.29, 1.82) is 0 Å². The monoisotopic (exact) mass is 405 g/mol. The lowest BCUT2D eigenvalue weighted by Gasteiger charge is -2.31. The van der Waals surface area contributed by atoms with Crippen molar-refractivity contribution in [1.82, 2.24) is 5.32 Å². The van der Waals surface area contributed by atoms with Gasteiger partial charge in [0.15, 0.2) is 5.78 Å². The zero-order chi connectivity index (χ0) is 20.8. The van der Waals surface area contributed by atoms with E-state index in [-0.39, 0.29) is 5.92 Å². The molecule has 0 fully saturated rings. The minimum absolute atomic E-state index is 0.245. The van der Waals surface area contributed by atoms with E-state index in [1.165, 1.54) is 0 Å². The molecule has 152 valence electrons. The van der Waals surface area contributed by atoms with E-state index in [0.29, 0.717) is 11.5 Å². The van der Waals surface area contributed by atoms with Gasteiger partial charge in [-0.15, -0.1) is 0 Å². The van der Waals surface area contributed by atoms with Gasteiger partial charge in [0.1, 0.15) is 17.1 Å². The molecule has 28 heavy (non-hydrogen) atoms. The fourth-order valence-electron chi connectivity index (χ4n) is 2.43.